The highest BCUT2D eigenvalue weighted by Gasteiger charge is 2.16. The first-order valence-corrected chi connectivity index (χ1v) is 10.6. The number of hydrazine groups is 1. The summed E-state index contributed by atoms with van der Waals surface area (Å²) in [5.74, 6) is 6.29. The number of imidazole rings is 1. The molecule has 2 heterocycles. The summed E-state index contributed by atoms with van der Waals surface area (Å²) in [6, 6.07) is 20.2. The summed E-state index contributed by atoms with van der Waals surface area (Å²) in [5.41, 5.74) is 14.0. The summed E-state index contributed by atoms with van der Waals surface area (Å²) >= 11 is 6.13. The molecular formula is C24H25BClN5. The lowest BCUT2D eigenvalue weighted by atomic mass is 9.94. The third-order valence-corrected chi connectivity index (χ3v) is 5.76. The van der Waals surface area contributed by atoms with Crippen LogP contribution in [0.1, 0.15) is 23.7 Å². The maximum Gasteiger partial charge on any atom is 0.141 e. The molecule has 0 radical (unpaired) electrons. The quantitative estimate of drug-likeness (QED) is 0.281. The Kier molecular flexibility index (Phi) is 6.02. The molecule has 7 heteroatoms. The van der Waals surface area contributed by atoms with Crippen molar-refractivity contribution in [1.82, 2.24) is 14.4 Å². The Labute approximate surface area is 188 Å². The maximum atomic E-state index is 6.57. The fourth-order valence-electron chi connectivity index (χ4n) is 3.67. The van der Waals surface area contributed by atoms with Gasteiger partial charge in [-0.2, -0.15) is 0 Å². The van der Waals surface area contributed by atoms with E-state index in [2.05, 4.69) is 31.2 Å². The van der Waals surface area contributed by atoms with E-state index in [1.807, 2.05) is 54.8 Å². The number of halogens is 1. The van der Waals surface area contributed by atoms with Crippen LogP contribution in [0.15, 0.2) is 73.1 Å². The standard InChI is InChI=1S/C24H25BClN5/c1-2-16-6-9-18(10-7-16)23-24(31-12-4-3-5-22(31)29-23)21(27)15-30(28)14-17-8-11-20(26)19(25)13-17/h3-13,15H,2,14,25,27-28H2,1H3/b21-15-. The van der Waals surface area contributed by atoms with Gasteiger partial charge >= 0.3 is 0 Å². The molecule has 0 aliphatic heterocycles. The van der Waals surface area contributed by atoms with Gasteiger partial charge in [0.25, 0.3) is 0 Å². The van der Waals surface area contributed by atoms with Crippen LogP contribution in [0, 0.1) is 0 Å². The summed E-state index contributed by atoms with van der Waals surface area (Å²) in [7, 11) is 1.98. The number of nitrogens with two attached hydrogens (primary N) is 2. The summed E-state index contributed by atoms with van der Waals surface area (Å²) < 4.78 is 2.00. The highest BCUT2D eigenvalue weighted by Crippen LogP contribution is 2.28. The van der Waals surface area contributed by atoms with E-state index in [0.29, 0.717) is 12.2 Å². The molecule has 0 fully saturated rings. The second kappa shape index (κ2) is 8.88. The minimum absolute atomic E-state index is 0.510. The number of aromatic nitrogens is 2. The van der Waals surface area contributed by atoms with Crippen molar-refractivity contribution in [3.8, 4) is 11.3 Å². The molecule has 0 saturated heterocycles. The van der Waals surface area contributed by atoms with Crippen molar-refractivity contribution in [2.45, 2.75) is 19.9 Å². The molecule has 0 aliphatic rings. The fourth-order valence-corrected chi connectivity index (χ4v) is 3.79. The van der Waals surface area contributed by atoms with Crippen LogP contribution >= 0.6 is 11.6 Å². The minimum Gasteiger partial charge on any atom is -0.396 e. The van der Waals surface area contributed by atoms with Crippen LogP contribution in [0.2, 0.25) is 5.02 Å². The van der Waals surface area contributed by atoms with Gasteiger partial charge in [0, 0.05) is 23.0 Å². The topological polar surface area (TPSA) is 72.6 Å². The Hall–Kier alpha value is -3.22. The molecule has 0 aliphatic carbocycles. The van der Waals surface area contributed by atoms with E-state index in [0.717, 1.165) is 45.1 Å². The molecular weight excluding hydrogens is 405 g/mol. The Morgan fingerprint density at radius 2 is 1.87 bits per heavy atom. The van der Waals surface area contributed by atoms with Gasteiger partial charge in [0.1, 0.15) is 13.5 Å². The second-order valence-electron chi connectivity index (χ2n) is 7.63. The number of fused-ring (bicyclic) bond motifs is 1. The fraction of sp³-hybridized carbons (Fsp3) is 0.125. The average molecular weight is 430 g/mol. The molecule has 156 valence electrons. The lowest BCUT2D eigenvalue weighted by Gasteiger charge is -2.16. The van der Waals surface area contributed by atoms with Crippen molar-refractivity contribution in [2.75, 3.05) is 0 Å². The normalized spacial score (nSPS) is 11.8. The molecule has 2 aromatic carbocycles. The predicted octanol–water partition coefficient (Wildman–Crippen LogP) is 3.11. The molecule has 0 bridgehead atoms. The maximum absolute atomic E-state index is 6.57. The molecule has 0 spiro atoms. The number of aryl methyl sites for hydroxylation is 1. The molecule has 0 unspecified atom stereocenters. The first-order chi connectivity index (χ1) is 15.0. The highest BCUT2D eigenvalue weighted by atomic mass is 35.5. The lowest BCUT2D eigenvalue weighted by molar-refractivity contribution is 0.388. The number of pyridine rings is 1. The SMILES string of the molecule is Bc1cc(CN(N)/C=C(\N)c2c(-c3ccc(CC)cc3)nc3ccccn23)ccc1Cl. The van der Waals surface area contributed by atoms with Gasteiger partial charge in [-0.3, -0.25) is 4.40 Å². The van der Waals surface area contributed by atoms with E-state index in [1.165, 1.54) is 5.56 Å². The van der Waals surface area contributed by atoms with Crippen LogP contribution in [0.25, 0.3) is 22.6 Å². The van der Waals surface area contributed by atoms with E-state index in [9.17, 15) is 0 Å². The van der Waals surface area contributed by atoms with Crippen molar-refractivity contribution in [3.63, 3.8) is 0 Å². The van der Waals surface area contributed by atoms with Gasteiger partial charge < -0.3 is 10.7 Å². The largest absolute Gasteiger partial charge is 0.396 e. The van der Waals surface area contributed by atoms with E-state index in [-0.39, 0.29) is 0 Å². The minimum atomic E-state index is 0.510. The smallest absolute Gasteiger partial charge is 0.141 e. The zero-order valence-electron chi connectivity index (χ0n) is 17.7. The van der Waals surface area contributed by atoms with Gasteiger partial charge in [-0.05, 0) is 35.7 Å². The molecule has 4 N–H and O–H groups in total. The lowest BCUT2D eigenvalue weighted by Crippen LogP contribution is -2.26. The molecule has 0 saturated carbocycles. The Morgan fingerprint density at radius 1 is 1.13 bits per heavy atom. The molecule has 4 rings (SSSR count). The highest BCUT2D eigenvalue weighted by molar-refractivity contribution is 6.45. The zero-order chi connectivity index (χ0) is 22.0. The van der Waals surface area contributed by atoms with Gasteiger partial charge in [-0.15, -0.1) is 0 Å². The third kappa shape index (κ3) is 4.45. The van der Waals surface area contributed by atoms with E-state index < -0.39 is 0 Å². The molecule has 0 amide bonds. The Bertz CT molecular complexity index is 1250. The first kappa shape index (κ1) is 21.0. The van der Waals surface area contributed by atoms with Crippen molar-refractivity contribution in [1.29, 1.82) is 0 Å². The summed E-state index contributed by atoms with van der Waals surface area (Å²) in [6.07, 6.45) is 4.71. The van der Waals surface area contributed by atoms with E-state index in [4.69, 9.17) is 28.2 Å². The zero-order valence-corrected chi connectivity index (χ0v) is 18.5. The number of hydrogen-bond acceptors (Lipinski definition) is 4. The van der Waals surface area contributed by atoms with E-state index in [1.54, 1.807) is 11.2 Å². The van der Waals surface area contributed by atoms with Crippen LogP contribution in [0.5, 0.6) is 0 Å². The molecule has 0 atom stereocenters. The molecule has 2 aromatic heterocycles. The van der Waals surface area contributed by atoms with Gasteiger partial charge in [0.05, 0.1) is 23.6 Å². The predicted molar refractivity (Wildman–Crippen MR) is 132 cm³/mol. The van der Waals surface area contributed by atoms with Crippen LogP contribution in [-0.4, -0.2) is 22.2 Å². The Balaban J connectivity index is 1.71. The van der Waals surface area contributed by atoms with Gasteiger partial charge in [-0.1, -0.05) is 66.5 Å². The van der Waals surface area contributed by atoms with Gasteiger partial charge in [0.15, 0.2) is 0 Å². The van der Waals surface area contributed by atoms with Crippen LogP contribution in [0.3, 0.4) is 0 Å². The van der Waals surface area contributed by atoms with E-state index >= 15 is 0 Å². The number of nitrogens with zero attached hydrogens (tertiary/aromatic N) is 3. The molecule has 5 nitrogen and oxygen atoms in total. The molecule has 31 heavy (non-hydrogen) atoms. The summed E-state index contributed by atoms with van der Waals surface area (Å²) in [6.45, 7) is 2.65. The number of hydrogen-bond donors (Lipinski definition) is 2. The molecule has 4 aromatic rings. The van der Waals surface area contributed by atoms with Crippen molar-refractivity contribution in [2.24, 2.45) is 11.6 Å². The monoisotopic (exact) mass is 429 g/mol. The second-order valence-corrected chi connectivity index (χ2v) is 8.04. The Morgan fingerprint density at radius 3 is 2.58 bits per heavy atom. The van der Waals surface area contributed by atoms with Gasteiger partial charge in [-0.25, -0.2) is 10.8 Å². The van der Waals surface area contributed by atoms with Gasteiger partial charge in [0.2, 0.25) is 0 Å². The number of benzene rings is 2. The summed E-state index contributed by atoms with van der Waals surface area (Å²) in [4.78, 5) is 4.84. The van der Waals surface area contributed by atoms with Crippen LogP contribution in [-0.2, 0) is 13.0 Å². The van der Waals surface area contributed by atoms with Crippen LogP contribution in [0.4, 0.5) is 0 Å². The third-order valence-electron chi connectivity index (χ3n) is 5.33. The van der Waals surface area contributed by atoms with Crippen molar-refractivity contribution >= 4 is 36.3 Å². The number of rotatable bonds is 6. The first-order valence-electron chi connectivity index (χ1n) is 10.3. The van der Waals surface area contributed by atoms with Crippen molar-refractivity contribution < 1.29 is 0 Å². The summed E-state index contributed by atoms with van der Waals surface area (Å²) in [5, 5.41) is 2.33. The average Bonchev–Trinajstić information content (AvgIpc) is 3.16. The van der Waals surface area contributed by atoms with Crippen molar-refractivity contribution in [3.05, 3.63) is 94.9 Å². The van der Waals surface area contributed by atoms with Crippen LogP contribution < -0.4 is 17.0 Å².